The minimum atomic E-state index is -1.21. The number of aliphatic carboxylic acids is 1. The molecule has 6 heteroatoms. The lowest BCUT2D eigenvalue weighted by Crippen LogP contribution is -2.07. The molecule has 0 bridgehead atoms. The van der Waals surface area contributed by atoms with Gasteiger partial charge >= 0.3 is 5.97 Å². The van der Waals surface area contributed by atoms with Crippen LogP contribution in [-0.4, -0.2) is 35.6 Å². The van der Waals surface area contributed by atoms with Gasteiger partial charge in [0.25, 0.3) is 0 Å². The van der Waals surface area contributed by atoms with E-state index in [0.717, 1.165) is 30.7 Å². The molecule has 144 valence electrons. The van der Waals surface area contributed by atoms with Crippen molar-refractivity contribution in [3.8, 4) is 0 Å². The summed E-state index contributed by atoms with van der Waals surface area (Å²) in [7, 11) is 1.00. The Labute approximate surface area is 164 Å². The molecule has 0 saturated heterocycles. The molecule has 1 aromatic rings. The molecule has 2 rings (SSSR count). The van der Waals surface area contributed by atoms with Crippen LogP contribution in [0, 0.1) is 17.2 Å². The lowest BCUT2D eigenvalue weighted by atomic mass is 10.2. The largest absolute Gasteiger partial charge is 0.477 e. The van der Waals surface area contributed by atoms with Crippen molar-refractivity contribution >= 4 is 27.6 Å². The van der Waals surface area contributed by atoms with Gasteiger partial charge in [-0.05, 0) is 42.9 Å². The molecule has 1 fully saturated rings. The first kappa shape index (κ1) is 24.2. The van der Waals surface area contributed by atoms with Crippen LogP contribution in [0.5, 0.6) is 0 Å². The average molecular weight is 426 g/mol. The van der Waals surface area contributed by atoms with Crippen molar-refractivity contribution in [3.63, 3.8) is 0 Å². The van der Waals surface area contributed by atoms with Crippen molar-refractivity contribution < 1.29 is 19.7 Å². The molecular formula is C20H28BrNO4. The Balaban J connectivity index is 0.000000458. The number of benzene rings is 1. The summed E-state index contributed by atoms with van der Waals surface area (Å²) in [6.45, 7) is 5.69. The van der Waals surface area contributed by atoms with Gasteiger partial charge in [0.15, 0.2) is 0 Å². The van der Waals surface area contributed by atoms with Crippen LogP contribution in [0.2, 0.25) is 0 Å². The van der Waals surface area contributed by atoms with Crippen LogP contribution in [0.4, 0.5) is 0 Å². The topological polar surface area (TPSA) is 90.6 Å². The van der Waals surface area contributed by atoms with Gasteiger partial charge in [0.1, 0.15) is 5.71 Å². The van der Waals surface area contributed by atoms with Gasteiger partial charge in [0.05, 0.1) is 6.61 Å². The molecule has 0 aromatic heterocycles. The van der Waals surface area contributed by atoms with E-state index in [9.17, 15) is 4.79 Å². The molecule has 0 heterocycles. The summed E-state index contributed by atoms with van der Waals surface area (Å²) in [6.07, 6.45) is 6.12. The number of aliphatic hydroxyl groups is 1. The second-order valence-corrected chi connectivity index (χ2v) is 6.52. The minimum Gasteiger partial charge on any atom is -0.477 e. The third kappa shape index (κ3) is 11.7. The van der Waals surface area contributed by atoms with Crippen LogP contribution in [0.15, 0.2) is 53.0 Å². The molecule has 2 atom stereocenters. The van der Waals surface area contributed by atoms with Crippen LogP contribution < -0.4 is 0 Å². The number of aliphatic hydroxyl groups excluding tert-OH is 1. The molecule has 26 heavy (non-hydrogen) atoms. The average Bonchev–Trinajstić information content (AvgIpc) is 3.35. The fourth-order valence-electron chi connectivity index (χ4n) is 1.87. The molecule has 1 aliphatic rings. The number of halogens is 1. The second kappa shape index (κ2) is 14.4. The summed E-state index contributed by atoms with van der Waals surface area (Å²) >= 11 is 3.31. The molecule has 1 saturated carbocycles. The van der Waals surface area contributed by atoms with Gasteiger partial charge in [-0.15, -0.1) is 0 Å². The third-order valence-corrected chi connectivity index (χ3v) is 4.03. The number of ether oxygens (including phenoxy) is 1. The lowest BCUT2D eigenvalue weighted by Gasteiger charge is -1.98. The number of allylic oxidation sites excluding steroid dienone is 3. The van der Waals surface area contributed by atoms with Crippen LogP contribution in [0.1, 0.15) is 25.8 Å². The number of hydrogen-bond donors (Lipinski definition) is 3. The molecule has 0 amide bonds. The lowest BCUT2D eigenvalue weighted by molar-refractivity contribution is -0.129. The second-order valence-electron chi connectivity index (χ2n) is 5.60. The predicted molar refractivity (Wildman–Crippen MR) is 109 cm³/mol. The highest BCUT2D eigenvalue weighted by Crippen LogP contribution is 2.40. The highest BCUT2D eigenvalue weighted by atomic mass is 79.9. The van der Waals surface area contributed by atoms with Crippen molar-refractivity contribution in [1.29, 1.82) is 5.41 Å². The highest BCUT2D eigenvalue weighted by molar-refractivity contribution is 9.11. The Morgan fingerprint density at radius 3 is 2.35 bits per heavy atom. The Bertz CT molecular complexity index is 599. The molecule has 0 radical (unpaired) electrons. The Morgan fingerprint density at radius 2 is 1.88 bits per heavy atom. The molecular weight excluding hydrogens is 398 g/mol. The maximum atomic E-state index is 10.3. The number of carboxylic acid groups (broad SMARTS) is 1. The molecule has 3 N–H and O–H groups in total. The Morgan fingerprint density at radius 1 is 1.31 bits per heavy atom. The Kier molecular flexibility index (Phi) is 13.4. The van der Waals surface area contributed by atoms with E-state index in [1.165, 1.54) is 18.1 Å². The van der Waals surface area contributed by atoms with Gasteiger partial charge in [-0.3, -0.25) is 5.41 Å². The molecule has 0 aliphatic heterocycles. The maximum Gasteiger partial charge on any atom is 0.353 e. The fourth-order valence-corrected chi connectivity index (χ4v) is 2.34. The van der Waals surface area contributed by atoms with Gasteiger partial charge in [-0.2, -0.15) is 0 Å². The number of carbonyl (C=O) groups is 1. The fraction of sp³-hybridized carbons (Fsp3) is 0.400. The third-order valence-electron chi connectivity index (χ3n) is 3.50. The SMILES string of the molecule is CC1CC1/C=C(Br)/C=C\C(=N)C(=O)O.CCOCc1ccccc1.CO. The van der Waals surface area contributed by atoms with E-state index in [-0.39, 0.29) is 0 Å². The van der Waals surface area contributed by atoms with Crippen molar-refractivity contribution in [2.75, 3.05) is 13.7 Å². The summed E-state index contributed by atoms with van der Waals surface area (Å²) in [6, 6.07) is 10.2. The molecule has 5 nitrogen and oxygen atoms in total. The number of nitrogens with one attached hydrogen (secondary N) is 1. The number of carboxylic acids is 1. The summed E-state index contributed by atoms with van der Waals surface area (Å²) in [5.41, 5.74) is 0.837. The first-order valence-corrected chi connectivity index (χ1v) is 9.17. The summed E-state index contributed by atoms with van der Waals surface area (Å²) in [4.78, 5) is 10.3. The highest BCUT2D eigenvalue weighted by Gasteiger charge is 2.30. The molecule has 2 unspecified atom stereocenters. The van der Waals surface area contributed by atoms with Crippen molar-refractivity contribution in [3.05, 3.63) is 58.6 Å². The smallest absolute Gasteiger partial charge is 0.353 e. The molecule has 1 aromatic carbocycles. The van der Waals surface area contributed by atoms with E-state index in [1.807, 2.05) is 25.1 Å². The first-order chi connectivity index (χ1) is 12.4. The zero-order valence-corrected chi connectivity index (χ0v) is 17.1. The number of rotatable bonds is 7. The van der Waals surface area contributed by atoms with Gasteiger partial charge in [0.2, 0.25) is 0 Å². The van der Waals surface area contributed by atoms with E-state index < -0.39 is 11.7 Å². The van der Waals surface area contributed by atoms with Crippen LogP contribution in [0.3, 0.4) is 0 Å². The van der Waals surface area contributed by atoms with Crippen molar-refractivity contribution in [2.45, 2.75) is 26.9 Å². The zero-order chi connectivity index (χ0) is 19.9. The number of hydrogen-bond acceptors (Lipinski definition) is 4. The molecule has 0 spiro atoms. The van der Waals surface area contributed by atoms with Crippen molar-refractivity contribution in [1.82, 2.24) is 0 Å². The van der Waals surface area contributed by atoms with E-state index in [4.69, 9.17) is 20.4 Å². The van der Waals surface area contributed by atoms with E-state index >= 15 is 0 Å². The van der Waals surface area contributed by atoms with Crippen LogP contribution in [0.25, 0.3) is 0 Å². The van der Waals surface area contributed by atoms with Gasteiger partial charge in [-0.1, -0.05) is 59.3 Å². The van der Waals surface area contributed by atoms with Gasteiger partial charge < -0.3 is 14.9 Å². The van der Waals surface area contributed by atoms with E-state index in [2.05, 4.69) is 41.1 Å². The first-order valence-electron chi connectivity index (χ1n) is 8.37. The molecule has 1 aliphatic carbocycles. The summed E-state index contributed by atoms with van der Waals surface area (Å²) in [5.74, 6) is 0.129. The van der Waals surface area contributed by atoms with Crippen molar-refractivity contribution in [2.24, 2.45) is 11.8 Å². The van der Waals surface area contributed by atoms with Gasteiger partial charge in [0, 0.05) is 18.2 Å². The predicted octanol–water partition coefficient (Wildman–Crippen LogP) is 4.41. The van der Waals surface area contributed by atoms with E-state index in [1.54, 1.807) is 6.08 Å². The minimum absolute atomic E-state index is 0.404. The monoisotopic (exact) mass is 425 g/mol. The Hall–Kier alpha value is -1.76. The summed E-state index contributed by atoms with van der Waals surface area (Å²) in [5, 5.41) is 22.5. The quantitative estimate of drug-likeness (QED) is 0.445. The summed E-state index contributed by atoms with van der Waals surface area (Å²) < 4.78 is 6.06. The standard InChI is InChI=1S/C10H12BrNO2.C9H12O.CH4O/c1-6-4-7(6)5-8(11)2-3-9(12)10(13)14;1-2-10-8-9-6-4-3-5-7-9;1-2/h2-3,5-7,12H,4H2,1H3,(H,13,14);3-7H,2,8H2,1H3;2H,1H3/b3-2-,8-5-,12-9?;;. The van der Waals surface area contributed by atoms with Gasteiger partial charge in [-0.25, -0.2) is 4.79 Å². The normalized spacial score (nSPS) is 18.3. The maximum absolute atomic E-state index is 10.3. The zero-order valence-electron chi connectivity index (χ0n) is 15.5. The van der Waals surface area contributed by atoms with Crippen LogP contribution in [-0.2, 0) is 16.1 Å². The van der Waals surface area contributed by atoms with Crippen LogP contribution >= 0.6 is 15.9 Å². The van der Waals surface area contributed by atoms with E-state index in [0.29, 0.717) is 5.92 Å².